The molecule has 9 heteroatoms. The average molecular weight is 557 g/mol. The summed E-state index contributed by atoms with van der Waals surface area (Å²) in [5.74, 6) is 1.73. The summed E-state index contributed by atoms with van der Waals surface area (Å²) in [6, 6.07) is 4.00. The number of aromatic nitrogens is 1. The van der Waals surface area contributed by atoms with E-state index in [-0.39, 0.29) is 36.0 Å². The Morgan fingerprint density at radius 3 is 2.62 bits per heavy atom. The summed E-state index contributed by atoms with van der Waals surface area (Å²) in [7, 11) is 0. The lowest BCUT2D eigenvalue weighted by Crippen LogP contribution is -2.55. The predicted octanol–water partition coefficient (Wildman–Crippen LogP) is 2.81. The van der Waals surface area contributed by atoms with Crippen LogP contribution in [0.1, 0.15) is 51.0 Å². The number of nitrogens with zero attached hydrogens (tertiary/aromatic N) is 4. The van der Waals surface area contributed by atoms with Crippen molar-refractivity contribution in [1.82, 2.24) is 20.1 Å². The fourth-order valence-electron chi connectivity index (χ4n) is 4.50. The molecule has 3 fully saturated rings. The molecule has 0 bridgehead atoms. The van der Waals surface area contributed by atoms with Crippen LogP contribution in [0.15, 0.2) is 23.3 Å². The highest BCUT2D eigenvalue weighted by Crippen LogP contribution is 2.23. The van der Waals surface area contributed by atoms with E-state index in [9.17, 15) is 4.79 Å². The molecule has 1 unspecified atom stereocenters. The molecule has 2 saturated heterocycles. The molecule has 0 radical (unpaired) electrons. The van der Waals surface area contributed by atoms with Crippen molar-refractivity contribution in [3.05, 3.63) is 23.9 Å². The fraction of sp³-hybridized carbons (Fsp3) is 0.696. The standard InChI is InChI=1S/C23H35N5O3.HI/c1-2-24-23(28-13-11-27(12-14-28)22(29)20-8-5-15-30-20)26-17-18-9-10-25-21(16-18)31-19-6-3-4-7-19;/h9-10,16,19-20H,2-8,11-15,17H2,1H3,(H,24,26);1H. The molecule has 2 aliphatic heterocycles. The van der Waals surface area contributed by atoms with Gasteiger partial charge in [-0.05, 0) is 57.1 Å². The number of halogens is 1. The van der Waals surface area contributed by atoms with Gasteiger partial charge in [0.1, 0.15) is 12.2 Å². The maximum atomic E-state index is 12.6. The second kappa shape index (κ2) is 12.6. The second-order valence-electron chi connectivity index (χ2n) is 8.51. The molecule has 32 heavy (non-hydrogen) atoms. The summed E-state index contributed by atoms with van der Waals surface area (Å²) in [6.07, 6.45) is 8.43. The van der Waals surface area contributed by atoms with Crippen molar-refractivity contribution < 1.29 is 14.3 Å². The molecule has 178 valence electrons. The average Bonchev–Trinajstić information content (AvgIpc) is 3.51. The first-order valence-electron chi connectivity index (χ1n) is 11.8. The van der Waals surface area contributed by atoms with Gasteiger partial charge in [0.15, 0.2) is 5.96 Å². The molecule has 1 aliphatic carbocycles. The fourth-order valence-corrected chi connectivity index (χ4v) is 4.50. The van der Waals surface area contributed by atoms with Gasteiger partial charge in [0.05, 0.1) is 6.54 Å². The van der Waals surface area contributed by atoms with Crippen LogP contribution in [-0.2, 0) is 16.1 Å². The Hall–Kier alpha value is -1.62. The van der Waals surface area contributed by atoms with E-state index in [2.05, 4.69) is 22.1 Å². The molecule has 1 saturated carbocycles. The minimum atomic E-state index is -0.235. The molecule has 3 aliphatic rings. The molecule has 1 N–H and O–H groups in total. The summed E-state index contributed by atoms with van der Waals surface area (Å²) < 4.78 is 11.6. The Bertz CT molecular complexity index is 758. The van der Waals surface area contributed by atoms with Crippen molar-refractivity contribution in [2.75, 3.05) is 39.3 Å². The number of carbonyl (C=O) groups is 1. The quantitative estimate of drug-likeness (QED) is 0.330. The minimum absolute atomic E-state index is 0. The number of pyridine rings is 1. The summed E-state index contributed by atoms with van der Waals surface area (Å²) in [5, 5.41) is 3.40. The minimum Gasteiger partial charge on any atom is -0.474 e. The van der Waals surface area contributed by atoms with Crippen LogP contribution in [0, 0.1) is 0 Å². The first-order chi connectivity index (χ1) is 15.2. The van der Waals surface area contributed by atoms with Gasteiger partial charge >= 0.3 is 0 Å². The summed E-state index contributed by atoms with van der Waals surface area (Å²) in [6.45, 7) is 7.12. The van der Waals surface area contributed by atoms with Gasteiger partial charge in [-0.2, -0.15) is 0 Å². The first kappa shape index (κ1) is 25.0. The number of piperazine rings is 1. The smallest absolute Gasteiger partial charge is 0.251 e. The van der Waals surface area contributed by atoms with Crippen LogP contribution in [0.4, 0.5) is 0 Å². The van der Waals surface area contributed by atoms with Crippen LogP contribution < -0.4 is 10.1 Å². The van der Waals surface area contributed by atoms with Crippen LogP contribution in [0.3, 0.4) is 0 Å². The van der Waals surface area contributed by atoms with E-state index in [0.717, 1.165) is 56.8 Å². The molecule has 0 spiro atoms. The number of carbonyl (C=O) groups excluding carboxylic acids is 1. The maximum Gasteiger partial charge on any atom is 0.251 e. The Balaban J connectivity index is 0.00000289. The number of ether oxygens (including phenoxy) is 2. The van der Waals surface area contributed by atoms with E-state index < -0.39 is 0 Å². The van der Waals surface area contributed by atoms with Crippen molar-refractivity contribution in [2.24, 2.45) is 4.99 Å². The third-order valence-electron chi connectivity index (χ3n) is 6.23. The lowest BCUT2D eigenvalue weighted by Gasteiger charge is -2.37. The largest absolute Gasteiger partial charge is 0.474 e. The van der Waals surface area contributed by atoms with Crippen molar-refractivity contribution >= 4 is 35.8 Å². The summed E-state index contributed by atoms with van der Waals surface area (Å²) in [4.78, 5) is 26.0. The Morgan fingerprint density at radius 2 is 1.94 bits per heavy atom. The van der Waals surface area contributed by atoms with Gasteiger partial charge in [0.2, 0.25) is 5.88 Å². The summed E-state index contributed by atoms with van der Waals surface area (Å²) >= 11 is 0. The SMILES string of the molecule is CCNC(=NCc1ccnc(OC2CCCC2)c1)N1CCN(C(=O)C2CCCO2)CC1.I. The molecular weight excluding hydrogens is 521 g/mol. The molecule has 4 rings (SSSR count). The number of hydrogen-bond donors (Lipinski definition) is 1. The zero-order valence-corrected chi connectivity index (χ0v) is 21.3. The van der Waals surface area contributed by atoms with Crippen LogP contribution in [0.25, 0.3) is 0 Å². The van der Waals surface area contributed by atoms with Crippen molar-refractivity contribution in [2.45, 2.75) is 64.2 Å². The van der Waals surface area contributed by atoms with Gasteiger partial charge < -0.3 is 24.6 Å². The second-order valence-corrected chi connectivity index (χ2v) is 8.51. The molecule has 1 aromatic rings. The van der Waals surface area contributed by atoms with E-state index >= 15 is 0 Å². The Morgan fingerprint density at radius 1 is 1.19 bits per heavy atom. The molecule has 1 atom stereocenters. The monoisotopic (exact) mass is 557 g/mol. The first-order valence-corrected chi connectivity index (χ1v) is 11.8. The molecule has 1 amide bonds. The van der Waals surface area contributed by atoms with Crippen LogP contribution in [-0.4, -0.2) is 78.2 Å². The lowest BCUT2D eigenvalue weighted by atomic mass is 10.2. The van der Waals surface area contributed by atoms with E-state index in [1.807, 2.05) is 17.0 Å². The van der Waals surface area contributed by atoms with Gasteiger partial charge in [0, 0.05) is 51.6 Å². The number of nitrogens with one attached hydrogen (secondary N) is 1. The number of hydrogen-bond acceptors (Lipinski definition) is 5. The molecular formula is C23H36IN5O3. The van der Waals surface area contributed by atoms with Gasteiger partial charge in [-0.25, -0.2) is 9.98 Å². The van der Waals surface area contributed by atoms with Gasteiger partial charge in [-0.3, -0.25) is 4.79 Å². The topological polar surface area (TPSA) is 79.3 Å². The van der Waals surface area contributed by atoms with Gasteiger partial charge in [-0.15, -0.1) is 24.0 Å². The highest BCUT2D eigenvalue weighted by atomic mass is 127. The van der Waals surface area contributed by atoms with E-state index in [4.69, 9.17) is 14.5 Å². The predicted molar refractivity (Wildman–Crippen MR) is 134 cm³/mol. The Labute approximate surface area is 208 Å². The zero-order valence-electron chi connectivity index (χ0n) is 19.0. The van der Waals surface area contributed by atoms with Crippen molar-refractivity contribution in [3.63, 3.8) is 0 Å². The third-order valence-corrected chi connectivity index (χ3v) is 6.23. The van der Waals surface area contributed by atoms with E-state index in [0.29, 0.717) is 38.2 Å². The van der Waals surface area contributed by atoms with Gasteiger partial charge in [0.25, 0.3) is 5.91 Å². The third kappa shape index (κ3) is 6.69. The number of guanidine groups is 1. The van der Waals surface area contributed by atoms with E-state index in [1.54, 1.807) is 6.20 Å². The number of aliphatic imine (C=N–C) groups is 1. The van der Waals surface area contributed by atoms with Crippen LogP contribution in [0.2, 0.25) is 0 Å². The van der Waals surface area contributed by atoms with Gasteiger partial charge in [-0.1, -0.05) is 0 Å². The molecule has 1 aromatic heterocycles. The van der Waals surface area contributed by atoms with Crippen LogP contribution >= 0.6 is 24.0 Å². The lowest BCUT2D eigenvalue weighted by molar-refractivity contribution is -0.142. The zero-order chi connectivity index (χ0) is 21.5. The summed E-state index contributed by atoms with van der Waals surface area (Å²) in [5.41, 5.74) is 1.09. The van der Waals surface area contributed by atoms with Crippen LogP contribution in [0.5, 0.6) is 5.88 Å². The highest BCUT2D eigenvalue weighted by Gasteiger charge is 2.30. The molecule has 0 aromatic carbocycles. The highest BCUT2D eigenvalue weighted by molar-refractivity contribution is 14.0. The number of rotatable bonds is 6. The van der Waals surface area contributed by atoms with Crippen molar-refractivity contribution in [1.29, 1.82) is 0 Å². The molecule has 8 nitrogen and oxygen atoms in total. The molecule has 3 heterocycles. The maximum absolute atomic E-state index is 12.6. The van der Waals surface area contributed by atoms with Crippen molar-refractivity contribution in [3.8, 4) is 5.88 Å². The number of amides is 1. The Kier molecular flexibility index (Phi) is 9.83. The van der Waals surface area contributed by atoms with E-state index in [1.165, 1.54) is 12.8 Å². The normalized spacial score (nSPS) is 22.0.